The van der Waals surface area contributed by atoms with Crippen LogP contribution in [0.25, 0.3) is 0 Å². The number of hydrogen-bond donors (Lipinski definition) is 2. The van der Waals surface area contributed by atoms with Crippen molar-refractivity contribution in [3.05, 3.63) is 0 Å². The average molecular weight is 215 g/mol. The zero-order chi connectivity index (χ0) is 11.5. The van der Waals surface area contributed by atoms with Crippen LogP contribution in [0.4, 0.5) is 0 Å². The predicted octanol–water partition coefficient (Wildman–Crippen LogP) is 1.26. The lowest BCUT2D eigenvalue weighted by atomic mass is 9.75. The molecule has 1 saturated carbocycles. The summed E-state index contributed by atoms with van der Waals surface area (Å²) in [5, 5.41) is 12.6. The van der Waals surface area contributed by atoms with E-state index in [9.17, 15) is 9.90 Å². The lowest BCUT2D eigenvalue weighted by Gasteiger charge is -2.38. The topological polar surface area (TPSA) is 58.6 Å². The summed E-state index contributed by atoms with van der Waals surface area (Å²) in [6, 6.07) is 0. The Morgan fingerprint density at radius 2 is 2.13 bits per heavy atom. The van der Waals surface area contributed by atoms with Gasteiger partial charge in [0.1, 0.15) is 5.54 Å². The first-order valence-corrected chi connectivity index (χ1v) is 5.44. The van der Waals surface area contributed by atoms with Gasteiger partial charge in [-0.25, -0.2) is 0 Å². The van der Waals surface area contributed by atoms with Gasteiger partial charge in [-0.05, 0) is 18.3 Å². The molecule has 1 aliphatic rings. The highest BCUT2D eigenvalue weighted by Gasteiger charge is 2.54. The van der Waals surface area contributed by atoms with Crippen molar-refractivity contribution in [3.8, 4) is 0 Å². The number of carboxylic acids is 1. The standard InChI is InChI=1S/C11H21NO3/c1-10(2)5-4-6-11(10,9(13)14)12-7-8-15-3/h12H,4-8H2,1-3H3,(H,13,14). The van der Waals surface area contributed by atoms with Crippen LogP contribution >= 0.6 is 0 Å². The van der Waals surface area contributed by atoms with E-state index < -0.39 is 11.5 Å². The van der Waals surface area contributed by atoms with E-state index in [-0.39, 0.29) is 5.41 Å². The van der Waals surface area contributed by atoms with Crippen molar-refractivity contribution >= 4 is 5.97 Å². The van der Waals surface area contributed by atoms with Crippen molar-refractivity contribution < 1.29 is 14.6 Å². The van der Waals surface area contributed by atoms with E-state index in [4.69, 9.17) is 4.74 Å². The Morgan fingerprint density at radius 3 is 2.53 bits per heavy atom. The molecule has 0 aliphatic heterocycles. The monoisotopic (exact) mass is 215 g/mol. The van der Waals surface area contributed by atoms with Crippen LogP contribution in [0.3, 0.4) is 0 Å². The maximum atomic E-state index is 11.4. The molecule has 0 bridgehead atoms. The van der Waals surface area contributed by atoms with Crippen LogP contribution < -0.4 is 5.32 Å². The fraction of sp³-hybridized carbons (Fsp3) is 0.909. The molecule has 1 aliphatic carbocycles. The van der Waals surface area contributed by atoms with Gasteiger partial charge < -0.3 is 9.84 Å². The van der Waals surface area contributed by atoms with E-state index in [0.29, 0.717) is 19.6 Å². The van der Waals surface area contributed by atoms with E-state index in [0.717, 1.165) is 12.8 Å². The summed E-state index contributed by atoms with van der Waals surface area (Å²) < 4.78 is 4.94. The zero-order valence-electron chi connectivity index (χ0n) is 9.80. The Bertz CT molecular complexity index is 240. The molecule has 2 N–H and O–H groups in total. The molecule has 0 heterocycles. The second-order valence-electron chi connectivity index (χ2n) is 4.87. The van der Waals surface area contributed by atoms with Gasteiger partial charge in [0.15, 0.2) is 0 Å². The van der Waals surface area contributed by atoms with Gasteiger partial charge in [-0.1, -0.05) is 20.3 Å². The van der Waals surface area contributed by atoms with Crippen LogP contribution in [-0.2, 0) is 9.53 Å². The molecular formula is C11H21NO3. The molecule has 1 unspecified atom stereocenters. The van der Waals surface area contributed by atoms with Gasteiger partial charge in [0.05, 0.1) is 6.61 Å². The van der Waals surface area contributed by atoms with Crippen LogP contribution in [0.1, 0.15) is 33.1 Å². The Morgan fingerprint density at radius 1 is 1.47 bits per heavy atom. The smallest absolute Gasteiger partial charge is 0.324 e. The van der Waals surface area contributed by atoms with E-state index >= 15 is 0 Å². The molecule has 15 heavy (non-hydrogen) atoms. The van der Waals surface area contributed by atoms with Gasteiger partial charge in [-0.3, -0.25) is 10.1 Å². The zero-order valence-corrected chi connectivity index (χ0v) is 9.80. The molecule has 0 spiro atoms. The first kappa shape index (κ1) is 12.5. The number of hydrogen-bond acceptors (Lipinski definition) is 3. The number of aliphatic carboxylic acids is 1. The highest BCUT2D eigenvalue weighted by molar-refractivity contribution is 5.80. The SMILES string of the molecule is COCCNC1(C(=O)O)CCCC1(C)C. The van der Waals surface area contributed by atoms with Gasteiger partial charge >= 0.3 is 5.97 Å². The van der Waals surface area contributed by atoms with Gasteiger partial charge in [0, 0.05) is 13.7 Å². The molecule has 1 atom stereocenters. The average Bonchev–Trinajstić information content (AvgIpc) is 2.43. The van der Waals surface area contributed by atoms with Crippen molar-refractivity contribution in [2.75, 3.05) is 20.3 Å². The van der Waals surface area contributed by atoms with Crippen molar-refractivity contribution in [1.82, 2.24) is 5.32 Å². The third-order valence-corrected chi connectivity index (χ3v) is 3.61. The van der Waals surface area contributed by atoms with E-state index in [1.54, 1.807) is 7.11 Å². The fourth-order valence-corrected chi connectivity index (χ4v) is 2.51. The molecule has 1 rings (SSSR count). The normalized spacial score (nSPS) is 29.3. The van der Waals surface area contributed by atoms with Crippen LogP contribution in [-0.4, -0.2) is 36.9 Å². The second-order valence-corrected chi connectivity index (χ2v) is 4.87. The lowest BCUT2D eigenvalue weighted by molar-refractivity contribution is -0.149. The largest absolute Gasteiger partial charge is 0.480 e. The molecule has 0 aromatic heterocycles. The van der Waals surface area contributed by atoms with Crippen molar-refractivity contribution in [2.24, 2.45) is 5.41 Å². The second kappa shape index (κ2) is 4.49. The molecule has 0 saturated heterocycles. The number of methoxy groups -OCH3 is 1. The van der Waals surface area contributed by atoms with Crippen molar-refractivity contribution in [3.63, 3.8) is 0 Å². The minimum Gasteiger partial charge on any atom is -0.480 e. The van der Waals surface area contributed by atoms with Crippen LogP contribution in [0.15, 0.2) is 0 Å². The summed E-state index contributed by atoms with van der Waals surface area (Å²) in [6.45, 7) is 5.18. The van der Waals surface area contributed by atoms with Gasteiger partial charge in [0.25, 0.3) is 0 Å². The van der Waals surface area contributed by atoms with Crippen molar-refractivity contribution in [1.29, 1.82) is 0 Å². The van der Waals surface area contributed by atoms with E-state index in [1.165, 1.54) is 0 Å². The molecule has 4 nitrogen and oxygen atoms in total. The van der Waals surface area contributed by atoms with Gasteiger partial charge in [-0.15, -0.1) is 0 Å². The fourth-order valence-electron chi connectivity index (χ4n) is 2.51. The molecule has 1 fully saturated rings. The number of carboxylic acid groups (broad SMARTS) is 1. The molecule has 0 radical (unpaired) electrons. The third kappa shape index (κ3) is 2.16. The molecule has 0 amide bonds. The molecule has 4 heteroatoms. The molecule has 0 aromatic rings. The minimum atomic E-state index is -0.772. The van der Waals surface area contributed by atoms with E-state index in [1.807, 2.05) is 13.8 Å². The minimum absolute atomic E-state index is 0.188. The Labute approximate surface area is 91.0 Å². The Hall–Kier alpha value is -0.610. The number of carbonyl (C=O) groups is 1. The summed E-state index contributed by atoms with van der Waals surface area (Å²) in [5.74, 6) is -0.735. The van der Waals surface area contributed by atoms with Gasteiger partial charge in [0.2, 0.25) is 0 Å². The third-order valence-electron chi connectivity index (χ3n) is 3.61. The summed E-state index contributed by atoms with van der Waals surface area (Å²) in [7, 11) is 1.62. The maximum absolute atomic E-state index is 11.4. The van der Waals surface area contributed by atoms with Crippen LogP contribution in [0.5, 0.6) is 0 Å². The quantitative estimate of drug-likeness (QED) is 0.678. The summed E-state index contributed by atoms with van der Waals surface area (Å²) >= 11 is 0. The van der Waals surface area contributed by atoms with Crippen LogP contribution in [0, 0.1) is 5.41 Å². The number of rotatable bonds is 5. The first-order valence-electron chi connectivity index (χ1n) is 5.44. The van der Waals surface area contributed by atoms with Gasteiger partial charge in [-0.2, -0.15) is 0 Å². The van der Waals surface area contributed by atoms with E-state index in [2.05, 4.69) is 5.32 Å². The first-order chi connectivity index (χ1) is 6.96. The van der Waals surface area contributed by atoms with Crippen molar-refractivity contribution in [2.45, 2.75) is 38.6 Å². The highest BCUT2D eigenvalue weighted by Crippen LogP contribution is 2.45. The summed E-state index contributed by atoms with van der Waals surface area (Å²) in [4.78, 5) is 11.4. The summed E-state index contributed by atoms with van der Waals surface area (Å²) in [5.41, 5.74) is -0.960. The number of ether oxygens (including phenoxy) is 1. The Kier molecular flexibility index (Phi) is 3.73. The molecule has 88 valence electrons. The lowest BCUT2D eigenvalue weighted by Crippen LogP contribution is -2.59. The predicted molar refractivity (Wildman–Crippen MR) is 57.9 cm³/mol. The molecular weight excluding hydrogens is 194 g/mol. The summed E-state index contributed by atoms with van der Waals surface area (Å²) in [6.07, 6.45) is 2.64. The molecule has 0 aromatic carbocycles. The van der Waals surface area contributed by atoms with Crippen LogP contribution in [0.2, 0.25) is 0 Å². The highest BCUT2D eigenvalue weighted by atomic mass is 16.5. The maximum Gasteiger partial charge on any atom is 0.324 e. The number of nitrogens with one attached hydrogen (secondary N) is 1. The Balaban J connectivity index is 2.75.